The van der Waals surface area contributed by atoms with Crippen molar-refractivity contribution in [2.45, 2.75) is 37.6 Å². The van der Waals surface area contributed by atoms with Crippen molar-refractivity contribution in [1.82, 2.24) is 19.7 Å². The van der Waals surface area contributed by atoms with Gasteiger partial charge in [0.2, 0.25) is 5.88 Å². The Morgan fingerprint density at radius 1 is 1.08 bits per heavy atom. The maximum Gasteiger partial charge on any atom is 0.224 e. The highest BCUT2D eigenvalue weighted by molar-refractivity contribution is 7.91. The molecule has 10 heteroatoms. The molecule has 5 heterocycles. The third kappa shape index (κ3) is 4.28. The van der Waals surface area contributed by atoms with Crippen LogP contribution in [0.5, 0.6) is 5.88 Å². The van der Waals surface area contributed by atoms with Crippen molar-refractivity contribution in [3.63, 3.8) is 0 Å². The van der Waals surface area contributed by atoms with Crippen LogP contribution in [0.25, 0.3) is 33.1 Å². The molecule has 0 unspecified atom stereocenters. The SMILES string of the molecule is COc1ncc(S(C)(=O)=O)c2c1c1ncc(-c3c(C)noc3C)cc1n2[C@H](c1ccccc1)C1CCOCC1. The summed E-state index contributed by atoms with van der Waals surface area (Å²) < 4.78 is 45.4. The zero-order chi connectivity index (χ0) is 27.3. The fourth-order valence-corrected chi connectivity index (χ4v) is 6.73. The number of hydrogen-bond acceptors (Lipinski definition) is 8. The minimum absolute atomic E-state index is 0.142. The third-order valence-corrected chi connectivity index (χ3v) is 8.73. The predicted octanol–water partition coefficient (Wildman–Crippen LogP) is 5.28. The summed E-state index contributed by atoms with van der Waals surface area (Å²) in [5.74, 6) is 1.23. The number of aromatic nitrogens is 4. The minimum atomic E-state index is -3.65. The van der Waals surface area contributed by atoms with E-state index in [0.29, 0.717) is 41.3 Å². The van der Waals surface area contributed by atoms with E-state index in [4.69, 9.17) is 19.0 Å². The van der Waals surface area contributed by atoms with E-state index in [1.807, 2.05) is 32.0 Å². The highest BCUT2D eigenvalue weighted by Gasteiger charge is 2.33. The van der Waals surface area contributed by atoms with Crippen LogP contribution in [0.4, 0.5) is 0 Å². The van der Waals surface area contributed by atoms with Crippen LogP contribution in [0.3, 0.4) is 0 Å². The van der Waals surface area contributed by atoms with Gasteiger partial charge in [0.15, 0.2) is 9.84 Å². The van der Waals surface area contributed by atoms with Crippen molar-refractivity contribution in [3.8, 4) is 17.0 Å². The first kappa shape index (κ1) is 25.5. The maximum atomic E-state index is 13.2. The van der Waals surface area contributed by atoms with Crippen LogP contribution < -0.4 is 4.74 Å². The Morgan fingerprint density at radius 2 is 1.82 bits per heavy atom. The summed E-state index contributed by atoms with van der Waals surface area (Å²) in [5, 5.41) is 4.71. The molecule has 1 saturated heterocycles. The van der Waals surface area contributed by atoms with Gasteiger partial charge in [0.1, 0.15) is 16.2 Å². The molecule has 1 fully saturated rings. The average Bonchev–Trinajstić information content (AvgIpc) is 3.45. The lowest BCUT2D eigenvalue weighted by molar-refractivity contribution is 0.0552. The van der Waals surface area contributed by atoms with Gasteiger partial charge in [-0.1, -0.05) is 35.5 Å². The number of hydrogen-bond donors (Lipinski definition) is 0. The standard InChI is InChI=1S/C29H30N4O5S/c1-17-24(18(2)38-32-17)21-14-22-26(30-15-21)25-28(23(39(4,34)35)16-31-29(25)36-3)33(22)27(19-8-6-5-7-9-19)20-10-12-37-13-11-20/h5-9,14-16,20,27H,10-13H2,1-4H3/t27-/m1/s1. The van der Waals surface area contributed by atoms with E-state index in [1.165, 1.54) is 19.6 Å². The zero-order valence-electron chi connectivity index (χ0n) is 22.3. The summed E-state index contributed by atoms with van der Waals surface area (Å²) in [6.45, 7) is 5.07. The van der Waals surface area contributed by atoms with E-state index in [-0.39, 0.29) is 16.9 Å². The Hall–Kier alpha value is -3.76. The fourth-order valence-electron chi connectivity index (χ4n) is 5.93. The number of ether oxygens (including phenoxy) is 2. The third-order valence-electron chi connectivity index (χ3n) is 7.63. The first-order valence-electron chi connectivity index (χ1n) is 12.9. The molecule has 0 aliphatic carbocycles. The van der Waals surface area contributed by atoms with E-state index >= 15 is 0 Å². The summed E-state index contributed by atoms with van der Waals surface area (Å²) in [6.07, 6.45) is 6.07. The zero-order valence-corrected chi connectivity index (χ0v) is 23.2. The molecule has 1 aromatic carbocycles. The Morgan fingerprint density at radius 3 is 2.46 bits per heavy atom. The molecule has 39 heavy (non-hydrogen) atoms. The monoisotopic (exact) mass is 546 g/mol. The van der Waals surface area contributed by atoms with E-state index < -0.39 is 9.84 Å². The van der Waals surface area contributed by atoms with Crippen LogP contribution >= 0.6 is 0 Å². The first-order chi connectivity index (χ1) is 18.8. The van der Waals surface area contributed by atoms with Crippen molar-refractivity contribution in [2.75, 3.05) is 26.6 Å². The van der Waals surface area contributed by atoms with Gasteiger partial charge in [-0.2, -0.15) is 0 Å². The summed E-state index contributed by atoms with van der Waals surface area (Å²) in [6, 6.07) is 12.1. The predicted molar refractivity (Wildman–Crippen MR) is 148 cm³/mol. The van der Waals surface area contributed by atoms with Crippen molar-refractivity contribution in [3.05, 3.63) is 65.8 Å². The summed E-state index contributed by atoms with van der Waals surface area (Å²) in [4.78, 5) is 9.43. The van der Waals surface area contributed by atoms with Gasteiger partial charge in [0.25, 0.3) is 0 Å². The lowest BCUT2D eigenvalue weighted by atomic mass is 9.86. The molecule has 0 N–H and O–H groups in total. The number of aryl methyl sites for hydroxylation is 2. The van der Waals surface area contributed by atoms with Crippen molar-refractivity contribution < 1.29 is 22.4 Å². The Balaban J connectivity index is 1.79. The summed E-state index contributed by atoms with van der Waals surface area (Å²) in [5.41, 5.74) is 5.52. The quantitative estimate of drug-likeness (QED) is 0.283. The molecular weight excluding hydrogens is 516 g/mol. The number of fused-ring (bicyclic) bond motifs is 3. The van der Waals surface area contributed by atoms with Gasteiger partial charge in [0, 0.05) is 36.8 Å². The summed E-state index contributed by atoms with van der Waals surface area (Å²) in [7, 11) is -2.12. The fraction of sp³-hybridized carbons (Fsp3) is 0.345. The van der Waals surface area contributed by atoms with Crippen LogP contribution in [0.1, 0.15) is 35.9 Å². The molecule has 4 aromatic heterocycles. The van der Waals surface area contributed by atoms with Gasteiger partial charge in [-0.15, -0.1) is 0 Å². The number of pyridine rings is 2. The van der Waals surface area contributed by atoms with E-state index in [0.717, 1.165) is 40.7 Å². The second kappa shape index (κ2) is 9.77. The number of rotatable bonds is 6. The molecule has 6 rings (SSSR count). The summed E-state index contributed by atoms with van der Waals surface area (Å²) >= 11 is 0. The molecule has 0 saturated carbocycles. The molecule has 1 atom stereocenters. The van der Waals surface area contributed by atoms with E-state index in [9.17, 15) is 8.42 Å². The molecule has 0 spiro atoms. The number of nitrogens with zero attached hydrogens (tertiary/aromatic N) is 4. The van der Waals surface area contributed by atoms with Gasteiger partial charge in [-0.3, -0.25) is 4.98 Å². The second-order valence-corrected chi connectivity index (χ2v) is 12.1. The largest absolute Gasteiger partial charge is 0.480 e. The number of benzene rings is 1. The van der Waals surface area contributed by atoms with Gasteiger partial charge in [0.05, 0.1) is 41.5 Å². The van der Waals surface area contributed by atoms with Crippen molar-refractivity contribution in [2.24, 2.45) is 5.92 Å². The van der Waals surface area contributed by atoms with Crippen molar-refractivity contribution in [1.29, 1.82) is 0 Å². The second-order valence-electron chi connectivity index (χ2n) is 10.1. The van der Waals surface area contributed by atoms with Crippen LogP contribution in [0, 0.1) is 19.8 Å². The highest BCUT2D eigenvalue weighted by atomic mass is 32.2. The van der Waals surface area contributed by atoms with E-state index in [2.05, 4.69) is 32.9 Å². The van der Waals surface area contributed by atoms with Crippen molar-refractivity contribution >= 4 is 31.8 Å². The molecule has 1 aliphatic rings. The average molecular weight is 547 g/mol. The molecule has 202 valence electrons. The molecular formula is C29H30N4O5S. The topological polar surface area (TPSA) is 109 Å². The molecule has 1 aliphatic heterocycles. The lowest BCUT2D eigenvalue weighted by Gasteiger charge is -2.33. The van der Waals surface area contributed by atoms with Gasteiger partial charge in [-0.05, 0) is 44.2 Å². The number of methoxy groups -OCH3 is 1. The molecule has 0 bridgehead atoms. The highest BCUT2D eigenvalue weighted by Crippen LogP contribution is 2.45. The van der Waals surface area contributed by atoms with Crippen LogP contribution in [0.2, 0.25) is 0 Å². The maximum absolute atomic E-state index is 13.2. The normalized spacial score (nSPS) is 15.7. The lowest BCUT2D eigenvalue weighted by Crippen LogP contribution is -2.27. The molecule has 0 radical (unpaired) electrons. The molecule has 0 amide bonds. The van der Waals surface area contributed by atoms with Crippen LogP contribution in [0.15, 0.2) is 58.2 Å². The Kier molecular flexibility index (Phi) is 6.39. The van der Waals surface area contributed by atoms with Gasteiger partial charge >= 0.3 is 0 Å². The first-order valence-corrected chi connectivity index (χ1v) is 14.8. The van der Waals surface area contributed by atoms with Gasteiger partial charge < -0.3 is 18.6 Å². The van der Waals surface area contributed by atoms with Gasteiger partial charge in [-0.25, -0.2) is 13.4 Å². The Bertz CT molecular complexity index is 1770. The molecule has 9 nitrogen and oxygen atoms in total. The Labute approximate surface area is 226 Å². The minimum Gasteiger partial charge on any atom is -0.480 e. The smallest absolute Gasteiger partial charge is 0.224 e. The molecule has 5 aromatic rings. The number of sulfone groups is 1. The van der Waals surface area contributed by atoms with Crippen LogP contribution in [-0.4, -0.2) is 54.7 Å². The van der Waals surface area contributed by atoms with Crippen LogP contribution in [-0.2, 0) is 14.6 Å². The van der Waals surface area contributed by atoms with E-state index in [1.54, 1.807) is 6.20 Å².